The third-order valence-electron chi connectivity index (χ3n) is 3.27. The maximum atomic E-state index is 5.71. The summed E-state index contributed by atoms with van der Waals surface area (Å²) in [5.41, 5.74) is 5.71. The van der Waals surface area contributed by atoms with E-state index in [9.17, 15) is 0 Å². The second-order valence-electron chi connectivity index (χ2n) is 4.43. The molecule has 15 heavy (non-hydrogen) atoms. The monoisotopic (exact) mass is 208 g/mol. The van der Waals surface area contributed by atoms with Gasteiger partial charge in [0.1, 0.15) is 0 Å². The van der Waals surface area contributed by atoms with Crippen LogP contribution in [0.1, 0.15) is 37.4 Å². The smallest absolute Gasteiger partial charge is 0.324 e. The van der Waals surface area contributed by atoms with E-state index >= 15 is 0 Å². The summed E-state index contributed by atoms with van der Waals surface area (Å²) in [6.45, 7) is 1.66. The average molecular weight is 208 g/mol. The van der Waals surface area contributed by atoms with E-state index in [1.165, 1.54) is 19.3 Å². The van der Waals surface area contributed by atoms with Crippen LogP contribution in [-0.2, 0) is 0 Å². The molecule has 1 aromatic rings. The Balaban J connectivity index is 1.78. The van der Waals surface area contributed by atoms with Gasteiger partial charge in [0, 0.05) is 25.0 Å². The van der Waals surface area contributed by atoms with Crippen molar-refractivity contribution in [2.24, 2.45) is 5.73 Å². The van der Waals surface area contributed by atoms with Crippen LogP contribution < -0.4 is 10.6 Å². The minimum absolute atomic E-state index is 0.387. The molecule has 3 rings (SSSR count). The quantitative estimate of drug-likeness (QED) is 0.798. The molecule has 0 amide bonds. The molecule has 2 N–H and O–H groups in total. The van der Waals surface area contributed by atoms with E-state index in [1.54, 1.807) is 0 Å². The second-order valence-corrected chi connectivity index (χ2v) is 4.43. The van der Waals surface area contributed by atoms with Crippen LogP contribution in [0.15, 0.2) is 4.52 Å². The molecule has 0 bridgehead atoms. The number of hydrogen-bond donors (Lipinski definition) is 1. The van der Waals surface area contributed by atoms with Crippen LogP contribution in [-0.4, -0.2) is 29.3 Å². The molecule has 0 spiro atoms. The van der Waals surface area contributed by atoms with Gasteiger partial charge >= 0.3 is 6.01 Å². The summed E-state index contributed by atoms with van der Waals surface area (Å²) in [4.78, 5) is 6.60. The van der Waals surface area contributed by atoms with Crippen LogP contribution in [0.2, 0.25) is 0 Å². The van der Waals surface area contributed by atoms with Crippen LogP contribution in [0.25, 0.3) is 0 Å². The fourth-order valence-electron chi connectivity index (χ4n) is 2.18. The lowest BCUT2D eigenvalue weighted by Crippen LogP contribution is -2.35. The van der Waals surface area contributed by atoms with Gasteiger partial charge in [0.15, 0.2) is 5.82 Å². The van der Waals surface area contributed by atoms with Gasteiger partial charge in [0.25, 0.3) is 0 Å². The molecule has 5 nitrogen and oxygen atoms in total. The second kappa shape index (κ2) is 3.48. The Hall–Kier alpha value is -1.10. The normalized spacial score (nSPS) is 26.2. The molecule has 1 aliphatic carbocycles. The van der Waals surface area contributed by atoms with Gasteiger partial charge < -0.3 is 15.2 Å². The van der Waals surface area contributed by atoms with E-state index in [-0.39, 0.29) is 0 Å². The standard InChI is InChI=1S/C10H16N4O/c11-6-8-2-1-5-14(8)10-12-9(13-15-10)7-3-4-7/h7-8H,1-6,11H2. The number of rotatable bonds is 3. The Bertz CT molecular complexity index is 347. The molecule has 2 fully saturated rings. The molecule has 2 aliphatic rings. The lowest BCUT2D eigenvalue weighted by Gasteiger charge is -2.19. The molecule has 82 valence electrons. The highest BCUT2D eigenvalue weighted by atomic mass is 16.5. The lowest BCUT2D eigenvalue weighted by molar-refractivity contribution is 0.403. The van der Waals surface area contributed by atoms with E-state index in [2.05, 4.69) is 15.0 Å². The SMILES string of the molecule is NCC1CCCN1c1nc(C2CC2)no1. The minimum Gasteiger partial charge on any atom is -0.328 e. The molecule has 0 aromatic carbocycles. The Kier molecular flexibility index (Phi) is 2.12. The molecule has 1 unspecified atom stereocenters. The van der Waals surface area contributed by atoms with Gasteiger partial charge in [-0.05, 0) is 25.7 Å². The topological polar surface area (TPSA) is 68.2 Å². The first-order valence-electron chi connectivity index (χ1n) is 5.69. The highest BCUT2D eigenvalue weighted by molar-refractivity contribution is 5.30. The Morgan fingerprint density at radius 2 is 2.27 bits per heavy atom. The third-order valence-corrected chi connectivity index (χ3v) is 3.27. The zero-order valence-corrected chi connectivity index (χ0v) is 8.72. The lowest BCUT2D eigenvalue weighted by atomic mass is 10.2. The summed E-state index contributed by atoms with van der Waals surface area (Å²) >= 11 is 0. The first-order valence-corrected chi connectivity index (χ1v) is 5.69. The highest BCUT2D eigenvalue weighted by Crippen LogP contribution is 2.39. The number of anilines is 1. The summed E-state index contributed by atoms with van der Waals surface area (Å²) < 4.78 is 5.29. The number of aromatic nitrogens is 2. The number of nitrogens with zero attached hydrogens (tertiary/aromatic N) is 3. The Morgan fingerprint density at radius 1 is 1.40 bits per heavy atom. The predicted octanol–water partition coefficient (Wildman–Crippen LogP) is 0.874. The fourth-order valence-corrected chi connectivity index (χ4v) is 2.18. The summed E-state index contributed by atoms with van der Waals surface area (Å²) in [7, 11) is 0. The zero-order chi connectivity index (χ0) is 10.3. The summed E-state index contributed by atoms with van der Waals surface area (Å²) in [5.74, 6) is 1.44. The largest absolute Gasteiger partial charge is 0.328 e. The summed E-state index contributed by atoms with van der Waals surface area (Å²) in [6.07, 6.45) is 4.72. The van der Waals surface area contributed by atoms with Crippen molar-refractivity contribution in [1.29, 1.82) is 0 Å². The molecule has 1 atom stereocenters. The Labute approximate surface area is 88.6 Å². The van der Waals surface area contributed by atoms with Gasteiger partial charge in [-0.1, -0.05) is 5.16 Å². The minimum atomic E-state index is 0.387. The van der Waals surface area contributed by atoms with Gasteiger partial charge in [0.05, 0.1) is 0 Å². The fraction of sp³-hybridized carbons (Fsp3) is 0.800. The van der Waals surface area contributed by atoms with Crippen molar-refractivity contribution in [2.75, 3.05) is 18.0 Å². The summed E-state index contributed by atoms with van der Waals surface area (Å²) in [5, 5.41) is 4.02. The van der Waals surface area contributed by atoms with E-state index in [4.69, 9.17) is 10.3 Å². The van der Waals surface area contributed by atoms with Gasteiger partial charge in [0.2, 0.25) is 0 Å². The van der Waals surface area contributed by atoms with E-state index in [0.29, 0.717) is 24.5 Å². The molecule has 1 aliphatic heterocycles. The van der Waals surface area contributed by atoms with Gasteiger partial charge in [-0.25, -0.2) is 0 Å². The number of hydrogen-bond acceptors (Lipinski definition) is 5. The molecular weight excluding hydrogens is 192 g/mol. The van der Waals surface area contributed by atoms with Crippen molar-refractivity contribution in [3.63, 3.8) is 0 Å². The van der Waals surface area contributed by atoms with Gasteiger partial charge in [-0.2, -0.15) is 4.98 Å². The van der Waals surface area contributed by atoms with E-state index < -0.39 is 0 Å². The molecular formula is C10H16N4O. The molecule has 2 heterocycles. The summed E-state index contributed by atoms with van der Waals surface area (Å²) in [6, 6.07) is 1.06. The Morgan fingerprint density at radius 3 is 3.00 bits per heavy atom. The first kappa shape index (κ1) is 9.15. The van der Waals surface area contributed by atoms with Crippen molar-refractivity contribution in [2.45, 2.75) is 37.6 Å². The van der Waals surface area contributed by atoms with Gasteiger partial charge in [-0.15, -0.1) is 0 Å². The van der Waals surface area contributed by atoms with Crippen LogP contribution in [0.5, 0.6) is 0 Å². The maximum Gasteiger partial charge on any atom is 0.324 e. The average Bonchev–Trinajstić information content (AvgIpc) is 2.83. The van der Waals surface area contributed by atoms with Crippen LogP contribution in [0, 0.1) is 0 Å². The van der Waals surface area contributed by atoms with Crippen LogP contribution in [0.3, 0.4) is 0 Å². The van der Waals surface area contributed by atoms with Crippen molar-refractivity contribution >= 4 is 6.01 Å². The first-order chi connectivity index (χ1) is 7.38. The molecule has 5 heteroatoms. The van der Waals surface area contributed by atoms with Gasteiger partial charge in [-0.3, -0.25) is 0 Å². The maximum absolute atomic E-state index is 5.71. The zero-order valence-electron chi connectivity index (χ0n) is 8.72. The highest BCUT2D eigenvalue weighted by Gasteiger charge is 2.32. The van der Waals surface area contributed by atoms with Crippen molar-refractivity contribution in [1.82, 2.24) is 10.1 Å². The van der Waals surface area contributed by atoms with Crippen molar-refractivity contribution < 1.29 is 4.52 Å². The van der Waals surface area contributed by atoms with Crippen molar-refractivity contribution in [3.05, 3.63) is 5.82 Å². The molecule has 0 radical (unpaired) electrons. The van der Waals surface area contributed by atoms with E-state index in [0.717, 1.165) is 18.8 Å². The predicted molar refractivity (Wildman–Crippen MR) is 55.7 cm³/mol. The van der Waals surface area contributed by atoms with Crippen molar-refractivity contribution in [3.8, 4) is 0 Å². The third kappa shape index (κ3) is 1.61. The van der Waals surface area contributed by atoms with E-state index in [1.807, 2.05) is 0 Å². The number of nitrogens with two attached hydrogens (primary N) is 1. The molecule has 1 saturated heterocycles. The molecule has 1 saturated carbocycles. The van der Waals surface area contributed by atoms with Crippen LogP contribution in [0.4, 0.5) is 6.01 Å². The molecule has 1 aromatic heterocycles. The van der Waals surface area contributed by atoms with Crippen LogP contribution >= 0.6 is 0 Å².